The second kappa shape index (κ2) is 6.49. The minimum Gasteiger partial charge on any atom is -0.393 e. The quantitative estimate of drug-likeness (QED) is 0.687. The van der Waals surface area contributed by atoms with Gasteiger partial charge in [0.15, 0.2) is 5.65 Å². The van der Waals surface area contributed by atoms with E-state index < -0.39 is 0 Å². The Balaban J connectivity index is 1.56. The van der Waals surface area contributed by atoms with Crippen molar-refractivity contribution >= 4 is 23.1 Å². The lowest BCUT2D eigenvalue weighted by molar-refractivity contribution is 0.126. The van der Waals surface area contributed by atoms with E-state index in [4.69, 9.17) is 0 Å². The molecule has 2 heterocycles. The maximum atomic E-state index is 9.64. The Labute approximate surface area is 140 Å². The van der Waals surface area contributed by atoms with E-state index in [2.05, 4.69) is 20.7 Å². The lowest BCUT2D eigenvalue weighted by Crippen LogP contribution is -2.29. The van der Waals surface area contributed by atoms with Crippen LogP contribution in [0.25, 0.3) is 5.65 Å². The highest BCUT2D eigenvalue weighted by Gasteiger charge is 2.20. The van der Waals surface area contributed by atoms with Crippen LogP contribution < -0.4 is 10.6 Å². The molecule has 0 atom stereocenters. The zero-order valence-electron chi connectivity index (χ0n) is 13.4. The van der Waals surface area contributed by atoms with Crippen molar-refractivity contribution in [2.24, 2.45) is 0 Å². The van der Waals surface area contributed by atoms with Gasteiger partial charge in [0.1, 0.15) is 5.82 Å². The number of hydrogen-bond donors (Lipinski definition) is 3. The number of aromatic nitrogens is 3. The molecule has 0 aliphatic heterocycles. The van der Waals surface area contributed by atoms with Gasteiger partial charge in [-0.1, -0.05) is 24.3 Å². The molecular formula is C18H21N5O. The van der Waals surface area contributed by atoms with E-state index in [0.717, 1.165) is 42.8 Å². The number of anilines is 3. The van der Waals surface area contributed by atoms with Gasteiger partial charge in [-0.15, -0.1) is 5.10 Å². The molecule has 3 aromatic rings. The summed E-state index contributed by atoms with van der Waals surface area (Å²) in [6.45, 7) is 0. The third-order valence-electron chi connectivity index (χ3n) is 4.44. The minimum atomic E-state index is -0.146. The smallest absolute Gasteiger partial charge is 0.247 e. The number of para-hydroxylation sites is 1. The molecule has 4 rings (SSSR count). The number of benzene rings is 1. The van der Waals surface area contributed by atoms with Crippen molar-refractivity contribution in [3.63, 3.8) is 0 Å². The average molecular weight is 323 g/mol. The molecule has 2 aromatic heterocycles. The monoisotopic (exact) mass is 323 g/mol. The van der Waals surface area contributed by atoms with Gasteiger partial charge in [0, 0.05) is 11.7 Å². The second-order valence-corrected chi connectivity index (χ2v) is 6.26. The van der Waals surface area contributed by atoms with E-state index in [-0.39, 0.29) is 6.10 Å². The minimum absolute atomic E-state index is 0.146. The average Bonchev–Trinajstić information content (AvgIpc) is 3.01. The summed E-state index contributed by atoms with van der Waals surface area (Å²) >= 11 is 0. The van der Waals surface area contributed by atoms with Crippen LogP contribution in [-0.4, -0.2) is 31.9 Å². The molecule has 3 N–H and O–H groups in total. The van der Waals surface area contributed by atoms with Gasteiger partial charge in [-0.25, -0.2) is 0 Å². The molecule has 0 bridgehead atoms. The van der Waals surface area contributed by atoms with Crippen LogP contribution in [0.4, 0.5) is 17.5 Å². The summed E-state index contributed by atoms with van der Waals surface area (Å²) in [4.78, 5) is 4.53. The SMILES string of the molecule is O[C@H]1CC[C@H](Nc2cccc3nc(Nc4ccccc4)nn23)CC1. The van der Waals surface area contributed by atoms with Gasteiger partial charge in [-0.3, -0.25) is 0 Å². The first-order valence-electron chi connectivity index (χ1n) is 8.40. The molecule has 0 amide bonds. The van der Waals surface area contributed by atoms with Crippen LogP contribution in [0.5, 0.6) is 0 Å². The molecule has 6 heteroatoms. The Kier molecular flexibility index (Phi) is 4.04. The number of hydrogen-bond acceptors (Lipinski definition) is 5. The first-order chi connectivity index (χ1) is 11.8. The van der Waals surface area contributed by atoms with E-state index in [0.29, 0.717) is 12.0 Å². The predicted molar refractivity (Wildman–Crippen MR) is 94.6 cm³/mol. The van der Waals surface area contributed by atoms with Crippen LogP contribution in [0.2, 0.25) is 0 Å². The first-order valence-corrected chi connectivity index (χ1v) is 8.40. The Morgan fingerprint density at radius 3 is 2.54 bits per heavy atom. The highest BCUT2D eigenvalue weighted by Crippen LogP contribution is 2.23. The topological polar surface area (TPSA) is 74.5 Å². The van der Waals surface area contributed by atoms with Gasteiger partial charge in [0.2, 0.25) is 5.95 Å². The molecule has 1 aliphatic carbocycles. The highest BCUT2D eigenvalue weighted by atomic mass is 16.3. The van der Waals surface area contributed by atoms with Crippen LogP contribution >= 0.6 is 0 Å². The van der Waals surface area contributed by atoms with Crippen molar-refractivity contribution in [3.8, 4) is 0 Å². The molecule has 1 aromatic carbocycles. The fourth-order valence-corrected chi connectivity index (χ4v) is 3.15. The Morgan fingerprint density at radius 2 is 1.75 bits per heavy atom. The standard InChI is InChI=1S/C18H21N5O/c24-15-11-9-14(10-12-15)19-16-7-4-8-17-21-18(22-23(16)17)20-13-5-2-1-3-6-13/h1-8,14-15,19,24H,9-12H2,(H,20,22)/t14-,15-. The highest BCUT2D eigenvalue weighted by molar-refractivity contribution is 5.57. The summed E-state index contributed by atoms with van der Waals surface area (Å²) < 4.78 is 1.83. The first kappa shape index (κ1) is 15.0. The van der Waals surface area contributed by atoms with Crippen molar-refractivity contribution in [3.05, 3.63) is 48.5 Å². The molecule has 0 spiro atoms. The zero-order valence-corrected chi connectivity index (χ0v) is 13.4. The molecule has 0 saturated heterocycles. The number of nitrogens with one attached hydrogen (secondary N) is 2. The van der Waals surface area contributed by atoms with Crippen LogP contribution in [0, 0.1) is 0 Å². The fraction of sp³-hybridized carbons (Fsp3) is 0.333. The molecule has 1 fully saturated rings. The summed E-state index contributed by atoms with van der Waals surface area (Å²) in [5, 5.41) is 21.0. The maximum Gasteiger partial charge on any atom is 0.247 e. The van der Waals surface area contributed by atoms with Crippen molar-refractivity contribution in [1.82, 2.24) is 14.6 Å². The van der Waals surface area contributed by atoms with Gasteiger partial charge in [-0.2, -0.15) is 9.50 Å². The number of aliphatic hydroxyl groups is 1. The summed E-state index contributed by atoms with van der Waals surface area (Å²) in [5.41, 5.74) is 1.76. The zero-order chi connectivity index (χ0) is 16.4. The third kappa shape index (κ3) is 3.19. The van der Waals surface area contributed by atoms with Crippen molar-refractivity contribution in [2.45, 2.75) is 37.8 Å². The molecule has 24 heavy (non-hydrogen) atoms. The summed E-state index contributed by atoms with van der Waals surface area (Å²) in [6, 6.07) is 16.2. The van der Waals surface area contributed by atoms with E-state index in [1.165, 1.54) is 0 Å². The molecule has 124 valence electrons. The molecule has 1 aliphatic rings. The van der Waals surface area contributed by atoms with E-state index in [1.807, 2.05) is 53.0 Å². The predicted octanol–water partition coefficient (Wildman–Crippen LogP) is 3.19. The fourth-order valence-electron chi connectivity index (χ4n) is 3.15. The normalized spacial score (nSPS) is 20.9. The maximum absolute atomic E-state index is 9.64. The number of aliphatic hydroxyl groups excluding tert-OH is 1. The largest absolute Gasteiger partial charge is 0.393 e. The summed E-state index contributed by atoms with van der Waals surface area (Å²) in [5.74, 6) is 1.51. The van der Waals surface area contributed by atoms with Crippen LogP contribution in [0.1, 0.15) is 25.7 Å². The molecule has 6 nitrogen and oxygen atoms in total. The van der Waals surface area contributed by atoms with E-state index in [1.54, 1.807) is 0 Å². The third-order valence-corrected chi connectivity index (χ3v) is 4.44. The number of nitrogens with zero attached hydrogens (tertiary/aromatic N) is 3. The molecule has 1 saturated carbocycles. The van der Waals surface area contributed by atoms with Crippen molar-refractivity contribution in [1.29, 1.82) is 0 Å². The molecule has 0 unspecified atom stereocenters. The van der Waals surface area contributed by atoms with Crippen molar-refractivity contribution in [2.75, 3.05) is 10.6 Å². The van der Waals surface area contributed by atoms with Gasteiger partial charge in [-0.05, 0) is 49.9 Å². The lowest BCUT2D eigenvalue weighted by atomic mass is 9.93. The Bertz CT molecular complexity index is 809. The van der Waals surface area contributed by atoms with Crippen LogP contribution in [-0.2, 0) is 0 Å². The summed E-state index contributed by atoms with van der Waals surface area (Å²) in [6.07, 6.45) is 3.51. The van der Waals surface area contributed by atoms with Gasteiger partial charge in [0.25, 0.3) is 0 Å². The Morgan fingerprint density at radius 1 is 0.958 bits per heavy atom. The molecule has 0 radical (unpaired) electrons. The van der Waals surface area contributed by atoms with Gasteiger partial charge < -0.3 is 15.7 Å². The van der Waals surface area contributed by atoms with Gasteiger partial charge in [0.05, 0.1) is 6.10 Å². The summed E-state index contributed by atoms with van der Waals surface area (Å²) in [7, 11) is 0. The van der Waals surface area contributed by atoms with E-state index >= 15 is 0 Å². The second-order valence-electron chi connectivity index (χ2n) is 6.26. The molecular weight excluding hydrogens is 302 g/mol. The number of pyridine rings is 1. The van der Waals surface area contributed by atoms with E-state index in [9.17, 15) is 5.11 Å². The van der Waals surface area contributed by atoms with Crippen LogP contribution in [0.3, 0.4) is 0 Å². The Hall–Kier alpha value is -2.60. The number of fused-ring (bicyclic) bond motifs is 1. The lowest BCUT2D eigenvalue weighted by Gasteiger charge is -2.26. The van der Waals surface area contributed by atoms with Crippen molar-refractivity contribution < 1.29 is 5.11 Å². The number of rotatable bonds is 4. The van der Waals surface area contributed by atoms with Gasteiger partial charge >= 0.3 is 0 Å². The van der Waals surface area contributed by atoms with Crippen LogP contribution in [0.15, 0.2) is 48.5 Å².